The van der Waals surface area contributed by atoms with E-state index < -0.39 is 0 Å². The van der Waals surface area contributed by atoms with Crippen LogP contribution in [0.5, 0.6) is 5.75 Å². The van der Waals surface area contributed by atoms with E-state index in [1.165, 1.54) is 0 Å². The van der Waals surface area contributed by atoms with E-state index >= 15 is 0 Å². The summed E-state index contributed by atoms with van der Waals surface area (Å²) in [5, 5.41) is 0. The van der Waals surface area contributed by atoms with Crippen molar-refractivity contribution in [1.29, 1.82) is 0 Å². The number of benzene rings is 2. The number of methoxy groups -OCH3 is 1. The summed E-state index contributed by atoms with van der Waals surface area (Å²) in [5.74, 6) is 0.530. The standard InChI is InChI=1S/C16H18FNO/c1-10-6-11(2)16(14(17)7-10)12-4-5-15(19-3)13(8-12)9-18/h4-8H,9,18H2,1-3H3. The van der Waals surface area contributed by atoms with Crippen molar-refractivity contribution in [2.45, 2.75) is 20.4 Å². The molecule has 0 amide bonds. The van der Waals surface area contributed by atoms with Crippen molar-refractivity contribution < 1.29 is 9.13 Å². The van der Waals surface area contributed by atoms with Crippen molar-refractivity contribution in [3.8, 4) is 16.9 Å². The highest BCUT2D eigenvalue weighted by atomic mass is 19.1. The zero-order chi connectivity index (χ0) is 14.0. The van der Waals surface area contributed by atoms with Gasteiger partial charge in [0.15, 0.2) is 0 Å². The highest BCUT2D eigenvalue weighted by Gasteiger charge is 2.11. The molecule has 3 heteroatoms. The number of hydrogen-bond donors (Lipinski definition) is 1. The minimum absolute atomic E-state index is 0.203. The van der Waals surface area contributed by atoms with Gasteiger partial charge in [-0.3, -0.25) is 0 Å². The Kier molecular flexibility index (Phi) is 3.86. The van der Waals surface area contributed by atoms with Crippen LogP contribution in [-0.2, 0) is 6.54 Å². The third-order valence-corrected chi connectivity index (χ3v) is 3.22. The van der Waals surface area contributed by atoms with Crippen molar-refractivity contribution in [2.24, 2.45) is 5.73 Å². The van der Waals surface area contributed by atoms with Gasteiger partial charge in [0.1, 0.15) is 11.6 Å². The van der Waals surface area contributed by atoms with Crippen molar-refractivity contribution in [2.75, 3.05) is 7.11 Å². The molecule has 0 saturated heterocycles. The van der Waals surface area contributed by atoms with Crippen LogP contribution in [0.3, 0.4) is 0 Å². The Morgan fingerprint density at radius 1 is 1.16 bits per heavy atom. The van der Waals surface area contributed by atoms with Crippen LogP contribution in [0.1, 0.15) is 16.7 Å². The van der Waals surface area contributed by atoms with E-state index in [0.717, 1.165) is 28.0 Å². The predicted molar refractivity (Wildman–Crippen MR) is 75.8 cm³/mol. The third-order valence-electron chi connectivity index (χ3n) is 3.22. The fourth-order valence-electron chi connectivity index (χ4n) is 2.37. The molecule has 0 heterocycles. The Labute approximate surface area is 113 Å². The largest absolute Gasteiger partial charge is 0.496 e. The van der Waals surface area contributed by atoms with Gasteiger partial charge >= 0.3 is 0 Å². The molecular formula is C16H18FNO. The summed E-state index contributed by atoms with van der Waals surface area (Å²) in [6, 6.07) is 9.11. The van der Waals surface area contributed by atoms with Crippen LogP contribution in [-0.4, -0.2) is 7.11 Å². The molecule has 0 aliphatic heterocycles. The molecule has 0 atom stereocenters. The minimum atomic E-state index is -0.203. The normalized spacial score (nSPS) is 10.6. The predicted octanol–water partition coefficient (Wildman–Crippen LogP) is 3.58. The maximum Gasteiger partial charge on any atom is 0.131 e. The lowest BCUT2D eigenvalue weighted by molar-refractivity contribution is 0.410. The number of ether oxygens (including phenoxy) is 1. The van der Waals surface area contributed by atoms with Gasteiger partial charge in [0.05, 0.1) is 7.11 Å². The highest BCUT2D eigenvalue weighted by Crippen LogP contribution is 2.31. The van der Waals surface area contributed by atoms with Gasteiger partial charge in [0.2, 0.25) is 0 Å². The topological polar surface area (TPSA) is 35.2 Å². The molecule has 2 nitrogen and oxygen atoms in total. The molecule has 0 bridgehead atoms. The second-order valence-corrected chi connectivity index (χ2v) is 4.67. The van der Waals surface area contributed by atoms with Crippen molar-refractivity contribution in [3.63, 3.8) is 0 Å². The Morgan fingerprint density at radius 2 is 1.89 bits per heavy atom. The Morgan fingerprint density at radius 3 is 2.47 bits per heavy atom. The lowest BCUT2D eigenvalue weighted by Gasteiger charge is -2.12. The molecule has 0 fully saturated rings. The van der Waals surface area contributed by atoms with E-state index in [0.29, 0.717) is 12.1 Å². The summed E-state index contributed by atoms with van der Waals surface area (Å²) < 4.78 is 19.4. The van der Waals surface area contributed by atoms with Crippen LogP contribution in [0.4, 0.5) is 4.39 Å². The molecule has 2 aromatic carbocycles. The smallest absolute Gasteiger partial charge is 0.131 e. The molecule has 2 rings (SSSR count). The number of aryl methyl sites for hydroxylation is 2. The Bertz CT molecular complexity index is 585. The number of halogens is 1. The lowest BCUT2D eigenvalue weighted by Crippen LogP contribution is -2.01. The minimum Gasteiger partial charge on any atom is -0.496 e. The van der Waals surface area contributed by atoms with Gasteiger partial charge in [0.25, 0.3) is 0 Å². The summed E-state index contributed by atoms with van der Waals surface area (Å²) in [7, 11) is 1.60. The highest BCUT2D eigenvalue weighted by molar-refractivity contribution is 5.70. The maximum absolute atomic E-state index is 14.2. The number of nitrogens with two attached hydrogens (primary N) is 1. The van der Waals surface area contributed by atoms with Crippen LogP contribution >= 0.6 is 0 Å². The molecule has 2 aromatic rings. The molecular weight excluding hydrogens is 241 g/mol. The molecule has 100 valence electrons. The summed E-state index contributed by atoms with van der Waals surface area (Å²) >= 11 is 0. The second-order valence-electron chi connectivity index (χ2n) is 4.67. The lowest BCUT2D eigenvalue weighted by atomic mass is 9.96. The third kappa shape index (κ3) is 2.61. The quantitative estimate of drug-likeness (QED) is 0.914. The average molecular weight is 259 g/mol. The van der Waals surface area contributed by atoms with E-state index in [2.05, 4.69) is 0 Å². The van der Waals surface area contributed by atoms with E-state index in [-0.39, 0.29) is 5.82 Å². The van der Waals surface area contributed by atoms with Gasteiger partial charge in [-0.05, 0) is 48.7 Å². The van der Waals surface area contributed by atoms with E-state index in [9.17, 15) is 4.39 Å². The van der Waals surface area contributed by atoms with Crippen LogP contribution in [0.15, 0.2) is 30.3 Å². The number of hydrogen-bond acceptors (Lipinski definition) is 2. The first-order valence-corrected chi connectivity index (χ1v) is 6.21. The van der Waals surface area contributed by atoms with Crippen molar-refractivity contribution in [1.82, 2.24) is 0 Å². The van der Waals surface area contributed by atoms with Gasteiger partial charge < -0.3 is 10.5 Å². The molecule has 0 radical (unpaired) electrons. The monoisotopic (exact) mass is 259 g/mol. The molecule has 19 heavy (non-hydrogen) atoms. The maximum atomic E-state index is 14.2. The Hall–Kier alpha value is -1.87. The summed E-state index contributed by atoms with van der Waals surface area (Å²) in [4.78, 5) is 0. The SMILES string of the molecule is COc1ccc(-c2c(C)cc(C)cc2F)cc1CN. The molecule has 2 N–H and O–H groups in total. The zero-order valence-electron chi connectivity index (χ0n) is 11.5. The van der Waals surface area contributed by atoms with E-state index in [1.807, 2.05) is 38.1 Å². The fraction of sp³-hybridized carbons (Fsp3) is 0.250. The van der Waals surface area contributed by atoms with Crippen LogP contribution < -0.4 is 10.5 Å². The van der Waals surface area contributed by atoms with Gasteiger partial charge in [-0.2, -0.15) is 0 Å². The first kappa shape index (κ1) is 13.6. The van der Waals surface area contributed by atoms with Crippen LogP contribution in [0.2, 0.25) is 0 Å². The summed E-state index contributed by atoms with van der Waals surface area (Å²) in [5.41, 5.74) is 9.88. The van der Waals surface area contributed by atoms with E-state index in [1.54, 1.807) is 13.2 Å². The van der Waals surface area contributed by atoms with E-state index in [4.69, 9.17) is 10.5 Å². The summed E-state index contributed by atoms with van der Waals surface area (Å²) in [6.07, 6.45) is 0. The molecule has 0 saturated carbocycles. The van der Waals surface area contributed by atoms with Gasteiger partial charge in [-0.25, -0.2) is 4.39 Å². The molecule has 0 spiro atoms. The first-order chi connectivity index (χ1) is 9.06. The second kappa shape index (κ2) is 5.41. The molecule has 0 aromatic heterocycles. The van der Waals surface area contributed by atoms with Gasteiger partial charge in [-0.1, -0.05) is 12.1 Å². The van der Waals surface area contributed by atoms with Crippen molar-refractivity contribution >= 4 is 0 Å². The molecule has 0 aliphatic rings. The summed E-state index contributed by atoms with van der Waals surface area (Å²) in [6.45, 7) is 4.17. The average Bonchev–Trinajstić information content (AvgIpc) is 2.37. The Balaban J connectivity index is 2.59. The van der Waals surface area contributed by atoms with Crippen LogP contribution in [0, 0.1) is 19.7 Å². The van der Waals surface area contributed by atoms with Gasteiger partial charge in [0, 0.05) is 17.7 Å². The first-order valence-electron chi connectivity index (χ1n) is 6.21. The van der Waals surface area contributed by atoms with Crippen molar-refractivity contribution in [3.05, 3.63) is 52.8 Å². The van der Waals surface area contributed by atoms with Crippen LogP contribution in [0.25, 0.3) is 11.1 Å². The number of rotatable bonds is 3. The fourth-order valence-corrected chi connectivity index (χ4v) is 2.37. The zero-order valence-corrected chi connectivity index (χ0v) is 11.5. The molecule has 0 aliphatic carbocycles. The van der Waals surface area contributed by atoms with Gasteiger partial charge in [-0.15, -0.1) is 0 Å². The molecule has 0 unspecified atom stereocenters.